The number of hydrogen-bond acceptors (Lipinski definition) is 5. The Kier molecular flexibility index (Phi) is 4.46. The molecule has 0 atom stereocenters. The summed E-state index contributed by atoms with van der Waals surface area (Å²) in [7, 11) is 0. The molecule has 0 bridgehead atoms. The van der Waals surface area contributed by atoms with Crippen molar-refractivity contribution in [2.45, 2.75) is 11.7 Å². The molecule has 0 aliphatic carbocycles. The number of thiazole rings is 1. The molecule has 0 spiro atoms. The Labute approximate surface area is 154 Å². The van der Waals surface area contributed by atoms with Crippen LogP contribution in [-0.2, 0) is 10.5 Å². The number of thioether (sulfide) groups is 1. The van der Waals surface area contributed by atoms with E-state index < -0.39 is 5.92 Å². The van der Waals surface area contributed by atoms with E-state index in [4.69, 9.17) is 4.74 Å². The average Bonchev–Trinajstić information content (AvgIpc) is 3.06. The van der Waals surface area contributed by atoms with Gasteiger partial charge in [-0.3, -0.25) is 4.79 Å². The maximum Gasteiger partial charge on any atom is 0.238 e. The van der Waals surface area contributed by atoms with Gasteiger partial charge in [0.05, 0.1) is 11.6 Å². The number of anilines is 1. The van der Waals surface area contributed by atoms with Crippen LogP contribution in [0.3, 0.4) is 0 Å². The lowest BCUT2D eigenvalue weighted by molar-refractivity contribution is -0.116. The largest absolute Gasteiger partial charge is 0.457 e. The molecule has 1 aromatic heterocycles. The SMILES string of the molecule is CSCc1csc(NC(=O)C2c3ccccc3Oc3ccccc32)n1. The minimum absolute atomic E-state index is 0.0896. The van der Waals surface area contributed by atoms with Crippen molar-refractivity contribution in [2.24, 2.45) is 0 Å². The summed E-state index contributed by atoms with van der Waals surface area (Å²) in [5.41, 5.74) is 2.74. The van der Waals surface area contributed by atoms with E-state index in [1.54, 1.807) is 11.8 Å². The van der Waals surface area contributed by atoms with Crippen LogP contribution < -0.4 is 10.1 Å². The first kappa shape index (κ1) is 16.2. The van der Waals surface area contributed by atoms with Gasteiger partial charge in [-0.25, -0.2) is 4.98 Å². The zero-order valence-electron chi connectivity index (χ0n) is 13.6. The van der Waals surface area contributed by atoms with Crippen molar-refractivity contribution in [1.29, 1.82) is 0 Å². The highest BCUT2D eigenvalue weighted by Crippen LogP contribution is 2.44. The molecular formula is C19H16N2O2S2. The van der Waals surface area contributed by atoms with E-state index >= 15 is 0 Å². The number of nitrogens with zero attached hydrogens (tertiary/aromatic N) is 1. The average molecular weight is 368 g/mol. The predicted octanol–water partition coefficient (Wildman–Crippen LogP) is 4.88. The Bertz CT molecular complexity index is 878. The van der Waals surface area contributed by atoms with E-state index in [1.165, 1.54) is 11.3 Å². The lowest BCUT2D eigenvalue weighted by Crippen LogP contribution is -2.25. The first-order valence-electron chi connectivity index (χ1n) is 7.86. The quantitative estimate of drug-likeness (QED) is 0.713. The van der Waals surface area contributed by atoms with Crippen LogP contribution in [0.25, 0.3) is 0 Å². The highest BCUT2D eigenvalue weighted by Gasteiger charge is 2.32. The van der Waals surface area contributed by atoms with Crippen molar-refractivity contribution in [1.82, 2.24) is 4.98 Å². The van der Waals surface area contributed by atoms with E-state index in [0.717, 1.165) is 34.1 Å². The molecule has 2 heterocycles. The fraction of sp³-hybridized carbons (Fsp3) is 0.158. The van der Waals surface area contributed by atoms with Crippen LogP contribution in [0.2, 0.25) is 0 Å². The molecule has 4 rings (SSSR count). The summed E-state index contributed by atoms with van der Waals surface area (Å²) in [4.78, 5) is 17.5. The minimum atomic E-state index is -0.408. The van der Waals surface area contributed by atoms with Crippen molar-refractivity contribution in [3.05, 3.63) is 70.7 Å². The van der Waals surface area contributed by atoms with Crippen LogP contribution in [0.15, 0.2) is 53.9 Å². The van der Waals surface area contributed by atoms with Crippen molar-refractivity contribution in [2.75, 3.05) is 11.6 Å². The molecule has 0 fully saturated rings. The van der Waals surface area contributed by atoms with Crippen LogP contribution in [-0.4, -0.2) is 17.1 Å². The molecule has 0 unspecified atom stereocenters. The summed E-state index contributed by atoms with van der Waals surface area (Å²) in [6.07, 6.45) is 2.04. The Balaban J connectivity index is 1.67. The molecule has 0 radical (unpaired) electrons. The number of fused-ring (bicyclic) bond motifs is 2. The minimum Gasteiger partial charge on any atom is -0.457 e. The standard InChI is InChI=1S/C19H16N2O2S2/c1-24-10-12-11-25-19(20-12)21-18(22)17-13-6-2-4-8-15(13)23-16-9-5-3-7-14(16)17/h2-9,11,17H,10H2,1H3,(H,20,21,22). The number of hydrogen-bond donors (Lipinski definition) is 1. The van der Waals surface area contributed by atoms with Gasteiger partial charge in [0.15, 0.2) is 5.13 Å². The lowest BCUT2D eigenvalue weighted by Gasteiger charge is -2.27. The second-order valence-electron chi connectivity index (χ2n) is 5.68. The summed E-state index contributed by atoms with van der Waals surface area (Å²) in [6.45, 7) is 0. The Morgan fingerprint density at radius 1 is 1.16 bits per heavy atom. The van der Waals surface area contributed by atoms with Gasteiger partial charge in [0.1, 0.15) is 11.5 Å². The first-order chi connectivity index (χ1) is 12.3. The van der Waals surface area contributed by atoms with Gasteiger partial charge in [-0.1, -0.05) is 36.4 Å². The highest BCUT2D eigenvalue weighted by atomic mass is 32.2. The third kappa shape index (κ3) is 3.15. The summed E-state index contributed by atoms with van der Waals surface area (Å²) in [6, 6.07) is 15.4. The summed E-state index contributed by atoms with van der Waals surface area (Å²) in [5, 5.41) is 5.59. The Morgan fingerprint density at radius 3 is 2.44 bits per heavy atom. The highest BCUT2D eigenvalue weighted by molar-refractivity contribution is 7.97. The molecule has 6 heteroatoms. The van der Waals surface area contributed by atoms with E-state index in [0.29, 0.717) is 5.13 Å². The normalized spacial score (nSPS) is 12.8. The Hall–Kier alpha value is -2.31. The van der Waals surface area contributed by atoms with Crippen LogP contribution in [0.4, 0.5) is 5.13 Å². The molecule has 4 nitrogen and oxygen atoms in total. The first-order valence-corrected chi connectivity index (χ1v) is 10.1. The Morgan fingerprint density at radius 2 is 1.80 bits per heavy atom. The van der Waals surface area contributed by atoms with E-state index in [-0.39, 0.29) is 5.91 Å². The molecule has 2 aromatic carbocycles. The summed E-state index contributed by atoms with van der Waals surface area (Å²) in [5.74, 6) is 1.80. The van der Waals surface area contributed by atoms with Crippen molar-refractivity contribution in [3.8, 4) is 11.5 Å². The van der Waals surface area contributed by atoms with Crippen LogP contribution in [0.5, 0.6) is 11.5 Å². The molecule has 126 valence electrons. The predicted molar refractivity (Wildman–Crippen MR) is 103 cm³/mol. The van der Waals surface area contributed by atoms with Gasteiger partial charge in [0.25, 0.3) is 0 Å². The fourth-order valence-electron chi connectivity index (χ4n) is 2.95. The zero-order chi connectivity index (χ0) is 17.2. The molecule has 1 amide bonds. The summed E-state index contributed by atoms with van der Waals surface area (Å²) >= 11 is 3.17. The van der Waals surface area contributed by atoms with Gasteiger partial charge in [-0.05, 0) is 18.4 Å². The smallest absolute Gasteiger partial charge is 0.238 e. The lowest BCUT2D eigenvalue weighted by atomic mass is 9.87. The molecule has 3 aromatic rings. The second-order valence-corrected chi connectivity index (χ2v) is 7.40. The van der Waals surface area contributed by atoms with Gasteiger partial charge in [0, 0.05) is 22.3 Å². The topological polar surface area (TPSA) is 51.2 Å². The zero-order valence-corrected chi connectivity index (χ0v) is 15.2. The van der Waals surface area contributed by atoms with Gasteiger partial charge < -0.3 is 10.1 Å². The molecule has 1 aliphatic rings. The number of rotatable bonds is 4. The number of nitrogens with one attached hydrogen (secondary N) is 1. The number of carbonyl (C=O) groups is 1. The van der Waals surface area contributed by atoms with E-state index in [9.17, 15) is 4.79 Å². The van der Waals surface area contributed by atoms with Crippen LogP contribution in [0, 0.1) is 0 Å². The van der Waals surface area contributed by atoms with E-state index in [2.05, 4.69) is 10.3 Å². The summed E-state index contributed by atoms with van der Waals surface area (Å²) < 4.78 is 5.95. The van der Waals surface area contributed by atoms with Crippen molar-refractivity contribution >= 4 is 34.1 Å². The number of ether oxygens (including phenoxy) is 1. The number of para-hydroxylation sites is 2. The van der Waals surface area contributed by atoms with E-state index in [1.807, 2.05) is 60.2 Å². The molecule has 0 saturated heterocycles. The van der Waals surface area contributed by atoms with Gasteiger partial charge >= 0.3 is 0 Å². The molecule has 1 aliphatic heterocycles. The van der Waals surface area contributed by atoms with Gasteiger partial charge in [0.2, 0.25) is 5.91 Å². The molecule has 25 heavy (non-hydrogen) atoms. The third-order valence-electron chi connectivity index (χ3n) is 4.02. The fourth-order valence-corrected chi connectivity index (χ4v) is 4.21. The number of benzene rings is 2. The van der Waals surface area contributed by atoms with Crippen molar-refractivity contribution in [3.63, 3.8) is 0 Å². The number of amides is 1. The molecular weight excluding hydrogens is 352 g/mol. The second kappa shape index (κ2) is 6.90. The third-order valence-corrected chi connectivity index (χ3v) is 5.41. The van der Waals surface area contributed by atoms with Crippen molar-refractivity contribution < 1.29 is 9.53 Å². The number of carbonyl (C=O) groups excluding carboxylic acids is 1. The van der Waals surface area contributed by atoms with Gasteiger partial charge in [-0.15, -0.1) is 11.3 Å². The number of aromatic nitrogens is 1. The maximum absolute atomic E-state index is 13.1. The monoisotopic (exact) mass is 368 g/mol. The maximum atomic E-state index is 13.1. The van der Waals surface area contributed by atoms with Gasteiger partial charge in [-0.2, -0.15) is 11.8 Å². The molecule has 0 saturated carbocycles. The van der Waals surface area contributed by atoms with Crippen LogP contribution in [0.1, 0.15) is 22.7 Å². The van der Waals surface area contributed by atoms with Crippen LogP contribution >= 0.6 is 23.1 Å². The molecule has 1 N–H and O–H groups in total.